The number of aliphatic hydroxyl groups is 1. The van der Waals surface area contributed by atoms with Crippen molar-refractivity contribution < 1.29 is 32.0 Å². The number of hydrogen-bond donors (Lipinski definition) is 1. The first-order chi connectivity index (χ1) is 21.0. The lowest BCUT2D eigenvalue weighted by molar-refractivity contribution is -0.143. The van der Waals surface area contributed by atoms with Crippen molar-refractivity contribution in [2.75, 3.05) is 32.2 Å². The van der Waals surface area contributed by atoms with E-state index in [-0.39, 0.29) is 31.5 Å². The predicted molar refractivity (Wildman–Crippen MR) is 171 cm³/mol. The molecule has 240 valence electrons. The smallest absolute Gasteiger partial charge is 0.388 e. The Bertz CT molecular complexity index is 1610. The first-order valence-corrected chi connectivity index (χ1v) is 17.2. The van der Waals surface area contributed by atoms with Crippen molar-refractivity contribution in [3.63, 3.8) is 0 Å². The maximum Gasteiger partial charge on any atom is 0.388 e. The number of hydrogen-bond acceptors (Lipinski definition) is 9. The summed E-state index contributed by atoms with van der Waals surface area (Å²) in [5.41, 5.74) is 6.00. The van der Waals surface area contributed by atoms with E-state index >= 15 is 0 Å². The molecule has 44 heavy (non-hydrogen) atoms. The summed E-state index contributed by atoms with van der Waals surface area (Å²) in [5.74, 6) is -0.975. The summed E-state index contributed by atoms with van der Waals surface area (Å²) in [6.07, 6.45) is 3.31. The lowest BCUT2D eigenvalue weighted by Crippen LogP contribution is -2.38. The van der Waals surface area contributed by atoms with Gasteiger partial charge >= 0.3 is 16.3 Å². The topological polar surface area (TPSA) is 133 Å². The zero-order chi connectivity index (χ0) is 32.0. The van der Waals surface area contributed by atoms with Gasteiger partial charge in [-0.3, -0.25) is 4.79 Å². The van der Waals surface area contributed by atoms with E-state index in [1.165, 1.54) is 10.4 Å². The van der Waals surface area contributed by atoms with E-state index in [0.29, 0.717) is 19.1 Å². The third kappa shape index (κ3) is 7.61. The van der Waals surface area contributed by atoms with Crippen LogP contribution in [-0.2, 0) is 35.3 Å². The number of methoxy groups -OCH3 is 1. The molecule has 13 heteroatoms. The second-order valence-corrected chi connectivity index (χ2v) is 13.3. The van der Waals surface area contributed by atoms with E-state index in [1.807, 2.05) is 48.9 Å². The molecule has 1 aliphatic rings. The van der Waals surface area contributed by atoms with Crippen LogP contribution in [0.5, 0.6) is 0 Å². The molecule has 3 aromatic rings. The molecule has 1 aliphatic heterocycles. The summed E-state index contributed by atoms with van der Waals surface area (Å²) >= 11 is 3.56. The van der Waals surface area contributed by atoms with Crippen LogP contribution in [0.1, 0.15) is 72.9 Å². The largest absolute Gasteiger partial charge is 0.480 e. The van der Waals surface area contributed by atoms with Crippen LogP contribution < -0.4 is 0 Å². The molecule has 0 saturated carbocycles. The number of carbonyl (C=O) groups excluding carboxylic acids is 1. The van der Waals surface area contributed by atoms with E-state index in [0.717, 1.165) is 57.0 Å². The Morgan fingerprint density at radius 3 is 2.64 bits per heavy atom. The molecule has 0 bridgehead atoms. The van der Waals surface area contributed by atoms with Gasteiger partial charge in [0, 0.05) is 44.1 Å². The molecule has 0 fully saturated rings. The number of aryl methyl sites for hydroxylation is 2. The van der Waals surface area contributed by atoms with Gasteiger partial charge in [-0.05, 0) is 80.3 Å². The zero-order valence-corrected chi connectivity index (χ0v) is 28.2. The molecule has 1 N–H and O–H groups in total. The van der Waals surface area contributed by atoms with Gasteiger partial charge in [0.25, 0.3) is 5.95 Å². The highest BCUT2D eigenvalue weighted by Crippen LogP contribution is 2.37. The van der Waals surface area contributed by atoms with Gasteiger partial charge in [0.15, 0.2) is 0 Å². The SMILES string of the molecule is CCOC(=O)CC(c1ccc(C)c([C@@H](C)N2CC=C(O)OS2(=O)=O)c1)c1ccc2c(nnn2CC(CCBr)CCOC)c1C. The van der Waals surface area contributed by atoms with Crippen LogP contribution in [0.2, 0.25) is 0 Å². The number of aliphatic hydroxyl groups excluding tert-OH is 1. The molecule has 2 heterocycles. The first-order valence-electron chi connectivity index (χ1n) is 14.7. The number of ether oxygens (including phenoxy) is 2. The minimum absolute atomic E-state index is 0.0291. The average Bonchev–Trinajstić information content (AvgIpc) is 3.38. The molecule has 2 unspecified atom stereocenters. The van der Waals surface area contributed by atoms with Gasteiger partial charge in [-0.15, -0.1) is 5.10 Å². The lowest BCUT2D eigenvalue weighted by Gasteiger charge is -2.30. The fourth-order valence-corrected chi connectivity index (χ4v) is 7.57. The second kappa shape index (κ2) is 14.9. The van der Waals surface area contributed by atoms with Crippen LogP contribution in [0.25, 0.3) is 11.0 Å². The molecule has 2 aromatic carbocycles. The van der Waals surface area contributed by atoms with Crippen LogP contribution in [0.3, 0.4) is 0 Å². The highest BCUT2D eigenvalue weighted by Gasteiger charge is 2.34. The summed E-state index contributed by atoms with van der Waals surface area (Å²) in [5, 5.41) is 19.5. The maximum absolute atomic E-state index is 12.9. The first kappa shape index (κ1) is 33.9. The van der Waals surface area contributed by atoms with Crippen molar-refractivity contribution in [1.29, 1.82) is 0 Å². The number of nitrogens with zero attached hydrogens (tertiary/aromatic N) is 4. The molecule has 0 amide bonds. The van der Waals surface area contributed by atoms with E-state index in [4.69, 9.17) is 13.7 Å². The Balaban J connectivity index is 1.74. The Morgan fingerprint density at radius 1 is 1.18 bits per heavy atom. The third-order valence-electron chi connectivity index (χ3n) is 8.22. The van der Waals surface area contributed by atoms with Gasteiger partial charge in [-0.25, -0.2) is 4.68 Å². The standard InChI is InChI=1S/C31H41BrN4O7S/c1-6-42-30(38)18-27(24-8-7-20(2)26(17-24)22(4)36-15-12-29(37)43-44(36,39)40)25-9-10-28-31(21(25)3)33-34-35(28)19-23(11-14-32)13-16-41-5/h7-10,12,17,22-23,27,37H,6,11,13-16,18-19H2,1-5H3/t22-,23?,27?/m1/s1. The zero-order valence-electron chi connectivity index (χ0n) is 25.8. The van der Waals surface area contributed by atoms with E-state index in [9.17, 15) is 18.3 Å². The number of alkyl halides is 1. The molecule has 0 radical (unpaired) electrons. The highest BCUT2D eigenvalue weighted by atomic mass is 79.9. The quantitative estimate of drug-likeness (QED) is 0.169. The lowest BCUT2D eigenvalue weighted by atomic mass is 9.83. The van der Waals surface area contributed by atoms with Crippen LogP contribution in [0.15, 0.2) is 42.4 Å². The van der Waals surface area contributed by atoms with Gasteiger partial charge in [-0.2, -0.15) is 12.7 Å². The maximum atomic E-state index is 12.9. The number of carbonyl (C=O) groups is 1. The Labute approximate surface area is 267 Å². The monoisotopic (exact) mass is 692 g/mol. The van der Waals surface area contributed by atoms with Gasteiger partial charge in [0.05, 0.1) is 24.6 Å². The van der Waals surface area contributed by atoms with Gasteiger partial charge in [0.1, 0.15) is 5.52 Å². The molecule has 0 saturated heterocycles. The molecule has 11 nitrogen and oxygen atoms in total. The minimum Gasteiger partial charge on any atom is -0.480 e. The number of esters is 1. The van der Waals surface area contributed by atoms with Crippen LogP contribution >= 0.6 is 15.9 Å². The van der Waals surface area contributed by atoms with Crippen LogP contribution in [-0.4, -0.2) is 71.0 Å². The summed E-state index contributed by atoms with van der Waals surface area (Å²) < 4.78 is 44.0. The van der Waals surface area contributed by atoms with E-state index < -0.39 is 22.3 Å². The molecular formula is C31H41BrN4O7S. The summed E-state index contributed by atoms with van der Waals surface area (Å²) in [6, 6.07) is 9.27. The number of benzene rings is 2. The number of halogens is 1. The molecule has 1 aromatic heterocycles. The molecule has 3 atom stereocenters. The van der Waals surface area contributed by atoms with Crippen molar-refractivity contribution in [2.45, 2.75) is 65.5 Å². The number of aromatic nitrogens is 3. The van der Waals surface area contributed by atoms with Crippen molar-refractivity contribution in [3.05, 3.63) is 70.2 Å². The van der Waals surface area contributed by atoms with Crippen LogP contribution in [0.4, 0.5) is 0 Å². The van der Waals surface area contributed by atoms with Gasteiger partial charge in [-0.1, -0.05) is 45.4 Å². The fraction of sp³-hybridized carbons (Fsp3) is 0.516. The molecule has 0 aliphatic carbocycles. The minimum atomic E-state index is -4.18. The van der Waals surface area contributed by atoms with Crippen molar-refractivity contribution in [2.24, 2.45) is 5.92 Å². The average molecular weight is 694 g/mol. The highest BCUT2D eigenvalue weighted by molar-refractivity contribution is 9.09. The van der Waals surface area contributed by atoms with Crippen molar-refractivity contribution in [1.82, 2.24) is 19.3 Å². The van der Waals surface area contributed by atoms with E-state index in [2.05, 4.69) is 26.2 Å². The number of rotatable bonds is 14. The Morgan fingerprint density at radius 2 is 1.95 bits per heavy atom. The van der Waals surface area contributed by atoms with Crippen molar-refractivity contribution >= 4 is 43.2 Å². The van der Waals surface area contributed by atoms with Crippen molar-refractivity contribution in [3.8, 4) is 0 Å². The van der Waals surface area contributed by atoms with Crippen LogP contribution in [0, 0.1) is 19.8 Å². The van der Waals surface area contributed by atoms with Gasteiger partial charge < -0.3 is 18.8 Å². The molecule has 4 rings (SSSR count). The Hall–Kier alpha value is -3.00. The fourth-order valence-electron chi connectivity index (χ4n) is 5.78. The summed E-state index contributed by atoms with van der Waals surface area (Å²) in [7, 11) is -2.47. The van der Waals surface area contributed by atoms with Gasteiger partial charge in [0.2, 0.25) is 0 Å². The predicted octanol–water partition coefficient (Wildman–Crippen LogP) is 5.61. The third-order valence-corrected chi connectivity index (χ3v) is 10.1. The number of fused-ring (bicyclic) bond motifs is 1. The summed E-state index contributed by atoms with van der Waals surface area (Å²) in [6.45, 7) is 9.07. The summed E-state index contributed by atoms with van der Waals surface area (Å²) in [4.78, 5) is 12.9. The van der Waals surface area contributed by atoms with E-state index in [1.54, 1.807) is 21.0 Å². The molecular weight excluding hydrogens is 652 g/mol. The molecule has 0 spiro atoms. The second-order valence-electron chi connectivity index (χ2n) is 11.1. The normalized spacial score (nSPS) is 17.1. The Kier molecular flexibility index (Phi) is 11.4.